The summed E-state index contributed by atoms with van der Waals surface area (Å²) in [6, 6.07) is 0. The lowest BCUT2D eigenvalue weighted by Crippen LogP contribution is -2.53. The first-order valence-corrected chi connectivity index (χ1v) is 6.66. The molecule has 0 unspecified atom stereocenters. The molecule has 0 aliphatic heterocycles. The number of hydrogen-bond donors (Lipinski definition) is 0. The monoisotopic (exact) mass is 252 g/mol. The van der Waals surface area contributed by atoms with Crippen molar-refractivity contribution in [3.05, 3.63) is 0 Å². The second-order valence-electron chi connectivity index (χ2n) is 6.37. The van der Waals surface area contributed by atoms with Crippen LogP contribution in [-0.4, -0.2) is 10.1 Å². The Morgan fingerprint density at radius 2 is 2.00 bits per heavy atom. The molecule has 0 heterocycles. The Labute approximate surface area is 91.8 Å². The minimum absolute atomic E-state index is 0.327. The molecule has 0 amide bonds. The van der Waals surface area contributed by atoms with E-state index in [1.54, 1.807) is 0 Å². The third-order valence-electron chi connectivity index (χ3n) is 6.46. The number of alkyl halides is 1. The zero-order valence-electron chi connectivity index (χ0n) is 8.11. The fourth-order valence-corrected chi connectivity index (χ4v) is 7.76. The summed E-state index contributed by atoms with van der Waals surface area (Å²) in [6.07, 6.45) is 1.39. The molecule has 0 spiro atoms. The van der Waals surface area contributed by atoms with Crippen LogP contribution in [-0.2, 0) is 4.79 Å². The highest BCUT2D eigenvalue weighted by Crippen LogP contribution is 2.85. The van der Waals surface area contributed by atoms with Gasteiger partial charge in [0.15, 0.2) is 0 Å². The van der Waals surface area contributed by atoms with E-state index in [4.69, 9.17) is 0 Å². The minimum Gasteiger partial charge on any atom is -0.299 e. The molecule has 5 aliphatic rings. The average molecular weight is 253 g/mol. The molecule has 5 saturated carbocycles. The van der Waals surface area contributed by atoms with Crippen molar-refractivity contribution in [1.29, 1.82) is 0 Å². The van der Waals surface area contributed by atoms with Crippen molar-refractivity contribution >= 4 is 21.7 Å². The van der Waals surface area contributed by atoms with Crippen molar-refractivity contribution in [2.24, 2.45) is 47.3 Å². The van der Waals surface area contributed by atoms with E-state index in [1.807, 2.05) is 0 Å². The minimum atomic E-state index is 0.327. The van der Waals surface area contributed by atoms with Gasteiger partial charge in [-0.2, -0.15) is 0 Å². The molecular formula is C12H13BrO. The largest absolute Gasteiger partial charge is 0.299 e. The molecule has 0 saturated heterocycles. The average Bonchev–Trinajstić information content (AvgIpc) is 2.52. The number of carbonyl (C=O) groups is 1. The first-order valence-electron chi connectivity index (χ1n) is 5.86. The predicted molar refractivity (Wildman–Crippen MR) is 54.9 cm³/mol. The van der Waals surface area contributed by atoms with Crippen molar-refractivity contribution < 1.29 is 4.79 Å². The molecule has 0 N–H and O–H groups in total. The fraction of sp³-hybridized carbons (Fsp3) is 0.917. The quantitative estimate of drug-likeness (QED) is 0.604. The topological polar surface area (TPSA) is 17.1 Å². The van der Waals surface area contributed by atoms with Crippen molar-refractivity contribution in [2.45, 2.75) is 17.7 Å². The van der Waals surface area contributed by atoms with E-state index in [-0.39, 0.29) is 0 Å². The summed E-state index contributed by atoms with van der Waals surface area (Å²) >= 11 is 3.97. The molecule has 2 bridgehead atoms. The van der Waals surface area contributed by atoms with Crippen molar-refractivity contribution in [2.75, 3.05) is 0 Å². The Morgan fingerprint density at radius 3 is 2.79 bits per heavy atom. The molecule has 5 fully saturated rings. The van der Waals surface area contributed by atoms with Crippen molar-refractivity contribution in [3.8, 4) is 0 Å². The molecule has 5 aliphatic carbocycles. The van der Waals surface area contributed by atoms with Gasteiger partial charge >= 0.3 is 0 Å². The lowest BCUT2D eigenvalue weighted by atomic mass is 9.57. The second-order valence-corrected chi connectivity index (χ2v) is 8.08. The SMILES string of the molecule is C[C@]1(Br)[C@H]2[C@H]3C[C@H]4[C@H]2C(=O)[C@@H]2[C@@H]4[C@@H]3[C@H]21. The molecular weight excluding hydrogens is 240 g/mol. The Morgan fingerprint density at radius 1 is 1.21 bits per heavy atom. The van der Waals surface area contributed by atoms with Gasteiger partial charge in [-0.1, -0.05) is 15.9 Å². The molecule has 0 aromatic rings. The van der Waals surface area contributed by atoms with Crippen LogP contribution in [0.2, 0.25) is 0 Å². The van der Waals surface area contributed by atoms with Crippen LogP contribution in [0.1, 0.15) is 13.3 Å². The molecule has 2 heteroatoms. The first kappa shape index (κ1) is 7.43. The van der Waals surface area contributed by atoms with E-state index in [1.165, 1.54) is 6.42 Å². The molecule has 9 atom stereocenters. The maximum atomic E-state index is 12.2. The molecule has 1 nitrogen and oxygen atoms in total. The summed E-state index contributed by atoms with van der Waals surface area (Å²) in [6.45, 7) is 2.37. The summed E-state index contributed by atoms with van der Waals surface area (Å²) < 4.78 is 0.327. The molecule has 0 radical (unpaired) electrons. The predicted octanol–water partition coefficient (Wildman–Crippen LogP) is 2.10. The standard InChI is InChI=1S/C12H13BrO/c1-12(13)9-4-2-3-5-6(4)10(12)8(5)11(14)7(3)9/h3-10H,2H2,1H3/t3-,4+,5+,6-,7-,8-,9+,10-,12+/m1/s1. The second kappa shape index (κ2) is 1.66. The number of rotatable bonds is 0. The van der Waals surface area contributed by atoms with Gasteiger partial charge in [0.05, 0.1) is 0 Å². The van der Waals surface area contributed by atoms with E-state index < -0.39 is 0 Å². The van der Waals surface area contributed by atoms with E-state index >= 15 is 0 Å². The Balaban J connectivity index is 1.87. The number of Topliss-reactive ketones (excluding diaryl/α,β-unsaturated/α-hetero) is 1. The molecule has 14 heavy (non-hydrogen) atoms. The van der Waals surface area contributed by atoms with Gasteiger partial charge in [-0.05, 0) is 48.9 Å². The smallest absolute Gasteiger partial charge is 0.140 e. The van der Waals surface area contributed by atoms with Crippen LogP contribution >= 0.6 is 15.9 Å². The molecule has 0 aromatic heterocycles. The van der Waals surface area contributed by atoms with Crippen molar-refractivity contribution in [3.63, 3.8) is 0 Å². The molecule has 74 valence electrons. The van der Waals surface area contributed by atoms with Gasteiger partial charge in [0.2, 0.25) is 0 Å². The number of fused-ring (bicyclic) bond motifs is 2. The van der Waals surface area contributed by atoms with E-state index in [0.717, 1.165) is 29.6 Å². The zero-order valence-corrected chi connectivity index (χ0v) is 9.70. The molecule has 5 rings (SSSR count). The van der Waals surface area contributed by atoms with Crippen LogP contribution in [0.4, 0.5) is 0 Å². The summed E-state index contributed by atoms with van der Waals surface area (Å²) in [5.74, 6) is 6.61. The number of halogens is 1. The fourth-order valence-electron chi connectivity index (χ4n) is 6.54. The number of carbonyl (C=O) groups excluding carboxylic acids is 1. The maximum Gasteiger partial charge on any atom is 0.140 e. The summed E-state index contributed by atoms with van der Waals surface area (Å²) in [5, 5.41) is 0. The number of hydrogen-bond acceptors (Lipinski definition) is 1. The summed E-state index contributed by atoms with van der Waals surface area (Å²) in [7, 11) is 0. The first-order chi connectivity index (χ1) is 6.64. The third kappa shape index (κ3) is 0.417. The summed E-state index contributed by atoms with van der Waals surface area (Å²) in [4.78, 5) is 12.2. The van der Waals surface area contributed by atoms with Gasteiger partial charge in [0, 0.05) is 16.2 Å². The maximum absolute atomic E-state index is 12.2. The van der Waals surface area contributed by atoms with Crippen LogP contribution in [0.15, 0.2) is 0 Å². The van der Waals surface area contributed by atoms with E-state index in [0.29, 0.717) is 27.9 Å². The highest BCUT2D eigenvalue weighted by molar-refractivity contribution is 9.10. The van der Waals surface area contributed by atoms with E-state index in [2.05, 4.69) is 22.9 Å². The lowest BCUT2D eigenvalue weighted by molar-refractivity contribution is -0.134. The molecule has 0 aromatic carbocycles. The number of ketones is 1. The van der Waals surface area contributed by atoms with Crippen LogP contribution in [0, 0.1) is 47.3 Å². The lowest BCUT2D eigenvalue weighted by Gasteiger charge is -2.49. The highest BCUT2D eigenvalue weighted by Gasteiger charge is 2.86. The summed E-state index contributed by atoms with van der Waals surface area (Å²) in [5.41, 5.74) is 0. The Kier molecular flexibility index (Phi) is 0.883. The van der Waals surface area contributed by atoms with Crippen LogP contribution in [0.25, 0.3) is 0 Å². The van der Waals surface area contributed by atoms with E-state index in [9.17, 15) is 4.79 Å². The van der Waals surface area contributed by atoms with Crippen molar-refractivity contribution in [1.82, 2.24) is 0 Å². The van der Waals surface area contributed by atoms with Crippen LogP contribution < -0.4 is 0 Å². The Hall–Kier alpha value is 0.150. The van der Waals surface area contributed by atoms with Gasteiger partial charge in [-0.15, -0.1) is 0 Å². The van der Waals surface area contributed by atoms with Gasteiger partial charge in [0.1, 0.15) is 5.78 Å². The van der Waals surface area contributed by atoms with Gasteiger partial charge in [0.25, 0.3) is 0 Å². The van der Waals surface area contributed by atoms with Gasteiger partial charge in [-0.25, -0.2) is 0 Å². The van der Waals surface area contributed by atoms with Crippen LogP contribution in [0.5, 0.6) is 0 Å². The van der Waals surface area contributed by atoms with Crippen LogP contribution in [0.3, 0.4) is 0 Å². The van der Waals surface area contributed by atoms with Gasteiger partial charge < -0.3 is 0 Å². The Bertz CT molecular complexity index is 388. The third-order valence-corrected chi connectivity index (χ3v) is 7.52. The highest BCUT2D eigenvalue weighted by atomic mass is 79.9. The van der Waals surface area contributed by atoms with Gasteiger partial charge in [-0.3, -0.25) is 4.79 Å². The zero-order chi connectivity index (χ0) is 9.40. The normalized spacial score (nSPS) is 80.3.